The highest BCUT2D eigenvalue weighted by Gasteiger charge is 2.29. The van der Waals surface area contributed by atoms with Crippen LogP contribution in [-0.4, -0.2) is 16.2 Å². The lowest BCUT2D eigenvalue weighted by molar-refractivity contribution is 0.360. The van der Waals surface area contributed by atoms with Crippen LogP contribution in [0.15, 0.2) is 33.7 Å². The molecule has 0 aliphatic heterocycles. The van der Waals surface area contributed by atoms with Crippen molar-refractivity contribution in [3.63, 3.8) is 0 Å². The molecular weight excluding hydrogens is 277 g/mol. The summed E-state index contributed by atoms with van der Waals surface area (Å²) in [5, 5.41) is 3.95. The van der Waals surface area contributed by atoms with E-state index in [-0.39, 0.29) is 11.9 Å². The fraction of sp³-hybridized carbons (Fsp3) is 0.429. The van der Waals surface area contributed by atoms with Crippen molar-refractivity contribution in [2.75, 3.05) is 0 Å². The molecule has 1 aromatic carbocycles. The molecular formula is C14H16FN3OS. The SMILES string of the molecule is NC(Cc1nc(CSc2ccc(F)cc2)no1)C1CC1. The fourth-order valence-electron chi connectivity index (χ4n) is 2.00. The van der Waals surface area contributed by atoms with E-state index in [1.807, 2.05) is 0 Å². The molecule has 0 saturated heterocycles. The van der Waals surface area contributed by atoms with E-state index in [0.29, 0.717) is 29.8 Å². The van der Waals surface area contributed by atoms with Crippen molar-refractivity contribution in [3.05, 3.63) is 41.8 Å². The van der Waals surface area contributed by atoms with Crippen molar-refractivity contribution in [1.82, 2.24) is 10.1 Å². The molecule has 2 N–H and O–H groups in total. The third kappa shape index (κ3) is 3.58. The number of rotatable bonds is 6. The van der Waals surface area contributed by atoms with E-state index < -0.39 is 0 Å². The lowest BCUT2D eigenvalue weighted by atomic mass is 10.1. The Balaban J connectivity index is 1.52. The van der Waals surface area contributed by atoms with E-state index in [2.05, 4.69) is 10.1 Å². The Hall–Kier alpha value is -1.40. The largest absolute Gasteiger partial charge is 0.339 e. The van der Waals surface area contributed by atoms with E-state index >= 15 is 0 Å². The van der Waals surface area contributed by atoms with Gasteiger partial charge < -0.3 is 10.3 Å². The summed E-state index contributed by atoms with van der Waals surface area (Å²) in [6.07, 6.45) is 3.07. The molecule has 2 aromatic rings. The standard InChI is InChI=1S/C14H16FN3OS/c15-10-3-5-11(6-4-10)20-8-13-17-14(19-18-13)7-12(16)9-1-2-9/h3-6,9,12H,1-2,7-8,16H2. The molecule has 106 valence electrons. The first kappa shape index (κ1) is 13.6. The molecule has 1 saturated carbocycles. The van der Waals surface area contributed by atoms with Crippen molar-refractivity contribution in [2.24, 2.45) is 11.7 Å². The topological polar surface area (TPSA) is 64.9 Å². The molecule has 1 atom stereocenters. The second-order valence-corrected chi connectivity index (χ2v) is 6.10. The maximum absolute atomic E-state index is 12.8. The number of hydrogen-bond acceptors (Lipinski definition) is 5. The van der Waals surface area contributed by atoms with Gasteiger partial charge in [-0.05, 0) is 43.0 Å². The molecule has 20 heavy (non-hydrogen) atoms. The van der Waals surface area contributed by atoms with Crippen LogP contribution in [0.4, 0.5) is 4.39 Å². The first-order valence-corrected chi connectivity index (χ1v) is 7.64. The zero-order chi connectivity index (χ0) is 13.9. The highest BCUT2D eigenvalue weighted by molar-refractivity contribution is 7.98. The van der Waals surface area contributed by atoms with Crippen molar-refractivity contribution in [3.8, 4) is 0 Å². The first-order chi connectivity index (χ1) is 9.70. The summed E-state index contributed by atoms with van der Waals surface area (Å²) < 4.78 is 18.0. The summed E-state index contributed by atoms with van der Waals surface area (Å²) in [5.74, 6) is 2.26. The Morgan fingerprint density at radius 1 is 1.35 bits per heavy atom. The number of nitrogens with two attached hydrogens (primary N) is 1. The predicted molar refractivity (Wildman–Crippen MR) is 74.7 cm³/mol. The summed E-state index contributed by atoms with van der Waals surface area (Å²) in [6, 6.07) is 6.50. The van der Waals surface area contributed by atoms with Gasteiger partial charge in [-0.3, -0.25) is 0 Å². The van der Waals surface area contributed by atoms with E-state index in [4.69, 9.17) is 10.3 Å². The van der Waals surface area contributed by atoms with Crippen molar-refractivity contribution in [1.29, 1.82) is 0 Å². The molecule has 0 spiro atoms. The van der Waals surface area contributed by atoms with Crippen LogP contribution in [0.2, 0.25) is 0 Å². The van der Waals surface area contributed by atoms with Gasteiger partial charge in [0.25, 0.3) is 0 Å². The monoisotopic (exact) mass is 293 g/mol. The normalized spacial score (nSPS) is 16.3. The highest BCUT2D eigenvalue weighted by Crippen LogP contribution is 2.32. The molecule has 3 rings (SSSR count). The molecule has 1 aliphatic rings. The molecule has 0 bridgehead atoms. The Kier molecular flexibility index (Phi) is 4.03. The third-order valence-electron chi connectivity index (χ3n) is 3.33. The van der Waals surface area contributed by atoms with Gasteiger partial charge in [0.2, 0.25) is 5.89 Å². The minimum atomic E-state index is -0.231. The second-order valence-electron chi connectivity index (χ2n) is 5.05. The summed E-state index contributed by atoms with van der Waals surface area (Å²) in [5.41, 5.74) is 6.03. The van der Waals surface area contributed by atoms with E-state index in [1.165, 1.54) is 25.0 Å². The van der Waals surface area contributed by atoms with Crippen LogP contribution in [0.3, 0.4) is 0 Å². The van der Waals surface area contributed by atoms with Gasteiger partial charge in [-0.15, -0.1) is 11.8 Å². The number of nitrogens with zero attached hydrogens (tertiary/aromatic N) is 2. The third-order valence-corrected chi connectivity index (χ3v) is 4.34. The van der Waals surface area contributed by atoms with Crippen LogP contribution in [0, 0.1) is 11.7 Å². The number of hydrogen-bond donors (Lipinski definition) is 1. The van der Waals surface area contributed by atoms with Gasteiger partial charge in [0, 0.05) is 17.4 Å². The molecule has 1 aliphatic carbocycles. The van der Waals surface area contributed by atoms with E-state index in [0.717, 1.165) is 4.90 Å². The van der Waals surface area contributed by atoms with Gasteiger partial charge in [-0.2, -0.15) is 4.98 Å². The Labute approximate surface area is 120 Å². The zero-order valence-corrected chi connectivity index (χ0v) is 11.8. The molecule has 1 fully saturated rings. The number of aromatic nitrogens is 2. The second kappa shape index (κ2) is 5.93. The number of halogens is 1. The van der Waals surface area contributed by atoms with Gasteiger partial charge in [-0.25, -0.2) is 4.39 Å². The zero-order valence-electron chi connectivity index (χ0n) is 11.0. The number of benzene rings is 1. The molecule has 1 unspecified atom stereocenters. The van der Waals surface area contributed by atoms with E-state index in [1.54, 1.807) is 23.9 Å². The van der Waals surface area contributed by atoms with Crippen LogP contribution in [0.25, 0.3) is 0 Å². The maximum atomic E-state index is 12.8. The summed E-state index contributed by atoms with van der Waals surface area (Å²) in [6.45, 7) is 0. The quantitative estimate of drug-likeness (QED) is 0.830. The van der Waals surface area contributed by atoms with Crippen LogP contribution >= 0.6 is 11.8 Å². The molecule has 0 radical (unpaired) electrons. The van der Waals surface area contributed by atoms with Gasteiger partial charge in [0.1, 0.15) is 5.82 Å². The van der Waals surface area contributed by atoms with Gasteiger partial charge in [0.15, 0.2) is 5.82 Å². The van der Waals surface area contributed by atoms with Crippen molar-refractivity contribution < 1.29 is 8.91 Å². The fourth-order valence-corrected chi connectivity index (χ4v) is 2.74. The van der Waals surface area contributed by atoms with Crippen LogP contribution in [0.1, 0.15) is 24.6 Å². The van der Waals surface area contributed by atoms with Crippen molar-refractivity contribution >= 4 is 11.8 Å². The Morgan fingerprint density at radius 3 is 2.80 bits per heavy atom. The summed E-state index contributed by atoms with van der Waals surface area (Å²) in [7, 11) is 0. The summed E-state index contributed by atoms with van der Waals surface area (Å²) >= 11 is 1.55. The highest BCUT2D eigenvalue weighted by atomic mass is 32.2. The average Bonchev–Trinajstić information content (AvgIpc) is 3.20. The first-order valence-electron chi connectivity index (χ1n) is 6.66. The molecule has 0 amide bonds. The van der Waals surface area contributed by atoms with Crippen LogP contribution in [0.5, 0.6) is 0 Å². The Bertz CT molecular complexity index is 568. The lowest BCUT2D eigenvalue weighted by Gasteiger charge is -2.04. The minimum absolute atomic E-state index is 0.132. The van der Waals surface area contributed by atoms with Gasteiger partial charge in [-0.1, -0.05) is 5.16 Å². The minimum Gasteiger partial charge on any atom is -0.339 e. The van der Waals surface area contributed by atoms with Gasteiger partial charge in [0.05, 0.1) is 5.75 Å². The average molecular weight is 293 g/mol. The number of thioether (sulfide) groups is 1. The van der Waals surface area contributed by atoms with Gasteiger partial charge >= 0.3 is 0 Å². The molecule has 1 heterocycles. The van der Waals surface area contributed by atoms with E-state index in [9.17, 15) is 4.39 Å². The molecule has 4 nitrogen and oxygen atoms in total. The predicted octanol–water partition coefficient (Wildman–Crippen LogP) is 2.78. The summed E-state index contributed by atoms with van der Waals surface area (Å²) in [4.78, 5) is 5.32. The smallest absolute Gasteiger partial charge is 0.228 e. The lowest BCUT2D eigenvalue weighted by Crippen LogP contribution is -2.25. The van der Waals surface area contributed by atoms with Crippen LogP contribution in [-0.2, 0) is 12.2 Å². The van der Waals surface area contributed by atoms with Crippen LogP contribution < -0.4 is 5.73 Å². The maximum Gasteiger partial charge on any atom is 0.228 e. The molecule has 1 aromatic heterocycles. The van der Waals surface area contributed by atoms with Crippen molar-refractivity contribution in [2.45, 2.75) is 36.0 Å². The molecule has 6 heteroatoms. The Morgan fingerprint density at radius 2 is 2.10 bits per heavy atom.